The second kappa shape index (κ2) is 8.30. The SMILES string of the molecule is CC(C)N(C(=O)CSc1ccc2c(c1)OCCCO2)c1ccccc1. The molecule has 0 saturated heterocycles. The molecular formula is C20H23NO3S. The number of hydrogen-bond donors (Lipinski definition) is 0. The predicted octanol–water partition coefficient (Wildman–Crippen LogP) is 4.38. The van der Waals surface area contributed by atoms with Crippen LogP contribution in [0.15, 0.2) is 53.4 Å². The van der Waals surface area contributed by atoms with Crippen molar-refractivity contribution in [3.63, 3.8) is 0 Å². The van der Waals surface area contributed by atoms with Gasteiger partial charge in [0.25, 0.3) is 0 Å². The summed E-state index contributed by atoms with van der Waals surface area (Å²) >= 11 is 1.52. The van der Waals surface area contributed by atoms with E-state index < -0.39 is 0 Å². The summed E-state index contributed by atoms with van der Waals surface area (Å²) in [5.41, 5.74) is 0.932. The van der Waals surface area contributed by atoms with Gasteiger partial charge in [0.15, 0.2) is 11.5 Å². The van der Waals surface area contributed by atoms with Crippen LogP contribution in [-0.4, -0.2) is 30.9 Å². The topological polar surface area (TPSA) is 38.8 Å². The molecule has 5 heteroatoms. The predicted molar refractivity (Wildman–Crippen MR) is 102 cm³/mol. The van der Waals surface area contributed by atoms with E-state index in [0.29, 0.717) is 19.0 Å². The number of rotatable bonds is 5. The van der Waals surface area contributed by atoms with Gasteiger partial charge in [0.2, 0.25) is 5.91 Å². The number of fused-ring (bicyclic) bond motifs is 1. The lowest BCUT2D eigenvalue weighted by atomic mass is 10.2. The molecule has 1 amide bonds. The molecule has 0 radical (unpaired) electrons. The Morgan fingerprint density at radius 1 is 1.08 bits per heavy atom. The molecule has 0 N–H and O–H groups in total. The Bertz CT molecular complexity index is 718. The van der Waals surface area contributed by atoms with Gasteiger partial charge in [-0.05, 0) is 44.2 Å². The van der Waals surface area contributed by atoms with Crippen LogP contribution in [0.1, 0.15) is 20.3 Å². The lowest BCUT2D eigenvalue weighted by Gasteiger charge is -2.26. The van der Waals surface area contributed by atoms with Gasteiger partial charge in [0, 0.05) is 23.0 Å². The number of thioether (sulfide) groups is 1. The summed E-state index contributed by atoms with van der Waals surface area (Å²) in [5, 5.41) is 0. The van der Waals surface area contributed by atoms with Crippen LogP contribution in [0.4, 0.5) is 5.69 Å². The van der Waals surface area contributed by atoms with Gasteiger partial charge < -0.3 is 14.4 Å². The van der Waals surface area contributed by atoms with Crippen LogP contribution >= 0.6 is 11.8 Å². The number of carbonyl (C=O) groups excluding carboxylic acids is 1. The molecule has 0 saturated carbocycles. The Hall–Kier alpha value is -2.14. The van der Waals surface area contributed by atoms with E-state index >= 15 is 0 Å². The summed E-state index contributed by atoms with van der Waals surface area (Å²) in [6.07, 6.45) is 0.885. The molecule has 2 aromatic rings. The first-order valence-electron chi connectivity index (χ1n) is 8.54. The molecule has 3 rings (SSSR count). The Morgan fingerprint density at radius 3 is 2.52 bits per heavy atom. The van der Waals surface area contributed by atoms with E-state index in [4.69, 9.17) is 9.47 Å². The molecule has 0 aromatic heterocycles. The van der Waals surface area contributed by atoms with Crippen LogP contribution in [-0.2, 0) is 4.79 Å². The van der Waals surface area contributed by atoms with E-state index in [0.717, 1.165) is 28.5 Å². The smallest absolute Gasteiger partial charge is 0.237 e. The molecule has 0 unspecified atom stereocenters. The van der Waals surface area contributed by atoms with Crippen LogP contribution in [0.2, 0.25) is 0 Å². The third kappa shape index (κ3) is 4.48. The van der Waals surface area contributed by atoms with Crippen molar-refractivity contribution in [1.82, 2.24) is 0 Å². The monoisotopic (exact) mass is 357 g/mol. The largest absolute Gasteiger partial charge is 0.490 e. The molecule has 1 heterocycles. The molecule has 4 nitrogen and oxygen atoms in total. The first kappa shape index (κ1) is 17.7. The number of amides is 1. The highest BCUT2D eigenvalue weighted by Crippen LogP contribution is 2.34. The van der Waals surface area contributed by atoms with Crippen LogP contribution < -0.4 is 14.4 Å². The summed E-state index contributed by atoms with van der Waals surface area (Å²) in [5.74, 6) is 2.02. The zero-order valence-corrected chi connectivity index (χ0v) is 15.4. The first-order valence-corrected chi connectivity index (χ1v) is 9.53. The quantitative estimate of drug-likeness (QED) is 0.744. The molecule has 0 atom stereocenters. The maximum Gasteiger partial charge on any atom is 0.237 e. The molecule has 0 bridgehead atoms. The number of anilines is 1. The minimum Gasteiger partial charge on any atom is -0.490 e. The van der Waals surface area contributed by atoms with Crippen LogP contribution in [0, 0.1) is 0 Å². The normalized spacial score (nSPS) is 13.4. The average Bonchev–Trinajstić information content (AvgIpc) is 2.85. The summed E-state index contributed by atoms with van der Waals surface area (Å²) in [4.78, 5) is 15.6. The van der Waals surface area contributed by atoms with Crippen molar-refractivity contribution >= 4 is 23.4 Å². The Kier molecular flexibility index (Phi) is 5.87. The second-order valence-corrected chi connectivity index (χ2v) is 7.19. The fourth-order valence-electron chi connectivity index (χ4n) is 2.77. The number of benzene rings is 2. The summed E-state index contributed by atoms with van der Waals surface area (Å²) in [7, 11) is 0. The van der Waals surface area contributed by atoms with Crippen LogP contribution in [0.25, 0.3) is 0 Å². The zero-order chi connectivity index (χ0) is 17.6. The Labute approximate surface area is 153 Å². The summed E-state index contributed by atoms with van der Waals surface area (Å²) < 4.78 is 11.4. The summed E-state index contributed by atoms with van der Waals surface area (Å²) in [6, 6.07) is 15.8. The highest BCUT2D eigenvalue weighted by Gasteiger charge is 2.19. The minimum atomic E-state index is 0.0957. The van der Waals surface area contributed by atoms with Crippen molar-refractivity contribution in [2.45, 2.75) is 31.2 Å². The van der Waals surface area contributed by atoms with E-state index in [1.807, 2.05) is 67.3 Å². The van der Waals surface area contributed by atoms with Crippen molar-refractivity contribution < 1.29 is 14.3 Å². The number of ether oxygens (including phenoxy) is 2. The van der Waals surface area contributed by atoms with E-state index in [9.17, 15) is 4.79 Å². The van der Waals surface area contributed by atoms with E-state index in [1.54, 1.807) is 0 Å². The zero-order valence-electron chi connectivity index (χ0n) is 14.6. The first-order chi connectivity index (χ1) is 12.1. The minimum absolute atomic E-state index is 0.0957. The van der Waals surface area contributed by atoms with Gasteiger partial charge in [-0.1, -0.05) is 18.2 Å². The van der Waals surface area contributed by atoms with E-state index in [2.05, 4.69) is 0 Å². The molecule has 25 heavy (non-hydrogen) atoms. The Balaban J connectivity index is 1.68. The highest BCUT2D eigenvalue weighted by atomic mass is 32.2. The van der Waals surface area contributed by atoms with Gasteiger partial charge in [-0.3, -0.25) is 4.79 Å². The average molecular weight is 357 g/mol. The van der Waals surface area contributed by atoms with E-state index in [1.165, 1.54) is 11.8 Å². The molecule has 1 aliphatic heterocycles. The molecule has 1 aliphatic rings. The van der Waals surface area contributed by atoms with E-state index in [-0.39, 0.29) is 11.9 Å². The molecule has 0 aliphatic carbocycles. The van der Waals surface area contributed by atoms with Crippen molar-refractivity contribution in [3.8, 4) is 11.5 Å². The van der Waals surface area contributed by atoms with Gasteiger partial charge >= 0.3 is 0 Å². The second-order valence-electron chi connectivity index (χ2n) is 6.14. The van der Waals surface area contributed by atoms with Crippen LogP contribution in [0.5, 0.6) is 11.5 Å². The molecule has 2 aromatic carbocycles. The van der Waals surface area contributed by atoms with Gasteiger partial charge in [0.05, 0.1) is 19.0 Å². The van der Waals surface area contributed by atoms with Crippen molar-refractivity contribution in [1.29, 1.82) is 0 Å². The van der Waals surface area contributed by atoms with Crippen LogP contribution in [0.3, 0.4) is 0 Å². The third-order valence-corrected chi connectivity index (χ3v) is 4.88. The maximum atomic E-state index is 12.8. The molecule has 0 fully saturated rings. The standard InChI is InChI=1S/C20H23NO3S/c1-15(2)21(16-7-4-3-5-8-16)20(22)14-25-17-9-10-18-19(13-17)24-12-6-11-23-18/h3-5,7-10,13,15H,6,11-12,14H2,1-2H3. The Morgan fingerprint density at radius 2 is 1.80 bits per heavy atom. The van der Waals surface area contributed by atoms with Gasteiger partial charge in [0.1, 0.15) is 0 Å². The van der Waals surface area contributed by atoms with Gasteiger partial charge in [-0.15, -0.1) is 11.8 Å². The van der Waals surface area contributed by atoms with Crippen molar-refractivity contribution in [3.05, 3.63) is 48.5 Å². The number of para-hydroxylation sites is 1. The fourth-order valence-corrected chi connectivity index (χ4v) is 3.55. The van der Waals surface area contributed by atoms with Gasteiger partial charge in [-0.25, -0.2) is 0 Å². The molecule has 132 valence electrons. The van der Waals surface area contributed by atoms with Crippen molar-refractivity contribution in [2.75, 3.05) is 23.9 Å². The molecule has 0 spiro atoms. The number of carbonyl (C=O) groups is 1. The highest BCUT2D eigenvalue weighted by molar-refractivity contribution is 8.00. The molecular weight excluding hydrogens is 334 g/mol. The maximum absolute atomic E-state index is 12.8. The lowest BCUT2D eigenvalue weighted by Crippen LogP contribution is -2.38. The summed E-state index contributed by atoms with van der Waals surface area (Å²) in [6.45, 7) is 5.40. The van der Waals surface area contributed by atoms with Gasteiger partial charge in [-0.2, -0.15) is 0 Å². The van der Waals surface area contributed by atoms with Crippen molar-refractivity contribution in [2.24, 2.45) is 0 Å². The fraction of sp³-hybridized carbons (Fsp3) is 0.350. The third-order valence-electron chi connectivity index (χ3n) is 3.90. The lowest BCUT2D eigenvalue weighted by molar-refractivity contribution is -0.116. The number of nitrogens with zero attached hydrogens (tertiary/aromatic N) is 1. The number of hydrogen-bond acceptors (Lipinski definition) is 4.